The van der Waals surface area contributed by atoms with Gasteiger partial charge >= 0.3 is 11.7 Å². The molecule has 0 radical (unpaired) electrons. The minimum absolute atomic E-state index is 0.0312. The van der Waals surface area contributed by atoms with E-state index in [9.17, 15) is 20.0 Å². The first-order chi connectivity index (χ1) is 7.51. The summed E-state index contributed by atoms with van der Waals surface area (Å²) in [5.41, 5.74) is -0.613. The van der Waals surface area contributed by atoms with Gasteiger partial charge in [-0.15, -0.1) is 0 Å². The lowest BCUT2D eigenvalue weighted by molar-refractivity contribution is -0.385. The lowest BCUT2D eigenvalue weighted by Crippen LogP contribution is -2.04. The molecule has 7 heteroatoms. The number of phenols is 1. The zero-order valence-electron chi connectivity index (χ0n) is 8.59. The van der Waals surface area contributed by atoms with E-state index in [1.54, 1.807) is 0 Å². The summed E-state index contributed by atoms with van der Waals surface area (Å²) in [7, 11) is 2.41. The molecule has 0 saturated carbocycles. The lowest BCUT2D eigenvalue weighted by atomic mass is 10.1. The number of nitro groups is 1. The van der Waals surface area contributed by atoms with Crippen LogP contribution in [0.25, 0.3) is 0 Å². The number of nitro benzene ring substituents is 1. The van der Waals surface area contributed by atoms with E-state index in [0.717, 1.165) is 19.2 Å². The minimum Gasteiger partial charge on any atom is -0.502 e. The molecule has 1 rings (SSSR count). The SMILES string of the molecule is COC(=O)c1cc(O)c([N+](=O)[O-])cc1OC. The molecule has 0 aliphatic rings. The van der Waals surface area contributed by atoms with Gasteiger partial charge in [0.2, 0.25) is 0 Å². The highest BCUT2D eigenvalue weighted by Crippen LogP contribution is 2.33. The van der Waals surface area contributed by atoms with Crippen LogP contribution in [0.15, 0.2) is 12.1 Å². The van der Waals surface area contributed by atoms with Crippen LogP contribution in [-0.4, -0.2) is 30.2 Å². The summed E-state index contributed by atoms with van der Waals surface area (Å²) in [6.07, 6.45) is 0. The zero-order chi connectivity index (χ0) is 12.3. The molecule has 0 aliphatic carbocycles. The highest BCUT2D eigenvalue weighted by atomic mass is 16.6. The molecule has 0 aliphatic heterocycles. The van der Waals surface area contributed by atoms with Crippen molar-refractivity contribution >= 4 is 11.7 Å². The smallest absolute Gasteiger partial charge is 0.341 e. The van der Waals surface area contributed by atoms with E-state index >= 15 is 0 Å². The Morgan fingerprint density at radius 2 is 2.06 bits per heavy atom. The largest absolute Gasteiger partial charge is 0.502 e. The lowest BCUT2D eigenvalue weighted by Gasteiger charge is -2.07. The van der Waals surface area contributed by atoms with Crippen molar-refractivity contribution in [2.45, 2.75) is 0 Å². The number of carbonyl (C=O) groups excluding carboxylic acids is 1. The quantitative estimate of drug-likeness (QED) is 0.471. The van der Waals surface area contributed by atoms with Crippen LogP contribution in [0.1, 0.15) is 10.4 Å². The van der Waals surface area contributed by atoms with Gasteiger partial charge in [0.15, 0.2) is 5.75 Å². The summed E-state index contributed by atoms with van der Waals surface area (Å²) in [6.45, 7) is 0. The van der Waals surface area contributed by atoms with Crippen LogP contribution in [-0.2, 0) is 4.74 Å². The molecule has 1 N–H and O–H groups in total. The molecule has 0 fully saturated rings. The van der Waals surface area contributed by atoms with Crippen LogP contribution in [0.3, 0.4) is 0 Å². The normalized spacial score (nSPS) is 9.62. The molecule has 0 amide bonds. The van der Waals surface area contributed by atoms with Gasteiger partial charge in [0.1, 0.15) is 11.3 Å². The first kappa shape index (κ1) is 11.8. The highest BCUT2D eigenvalue weighted by Gasteiger charge is 2.22. The maximum atomic E-state index is 11.2. The molecule has 0 spiro atoms. The second kappa shape index (κ2) is 4.47. The van der Waals surface area contributed by atoms with E-state index in [0.29, 0.717) is 0 Å². The van der Waals surface area contributed by atoms with Crippen LogP contribution in [0.4, 0.5) is 5.69 Å². The van der Waals surface area contributed by atoms with Crippen molar-refractivity contribution in [1.29, 1.82) is 0 Å². The van der Waals surface area contributed by atoms with Crippen molar-refractivity contribution in [2.24, 2.45) is 0 Å². The molecular formula is C9H9NO6. The van der Waals surface area contributed by atoms with Gasteiger partial charge in [0, 0.05) is 6.07 Å². The predicted molar refractivity (Wildman–Crippen MR) is 52.7 cm³/mol. The fraction of sp³-hybridized carbons (Fsp3) is 0.222. The molecule has 16 heavy (non-hydrogen) atoms. The van der Waals surface area contributed by atoms with Crippen molar-refractivity contribution < 1.29 is 24.3 Å². The van der Waals surface area contributed by atoms with Crippen molar-refractivity contribution in [1.82, 2.24) is 0 Å². The summed E-state index contributed by atoms with van der Waals surface area (Å²) in [5, 5.41) is 19.8. The monoisotopic (exact) mass is 227 g/mol. The van der Waals surface area contributed by atoms with Crippen LogP contribution in [0, 0.1) is 10.1 Å². The third-order valence-electron chi connectivity index (χ3n) is 1.90. The molecule has 1 aromatic carbocycles. The average molecular weight is 227 g/mol. The summed E-state index contributed by atoms with van der Waals surface area (Å²) < 4.78 is 9.23. The highest BCUT2D eigenvalue weighted by molar-refractivity contribution is 5.93. The summed E-state index contributed by atoms with van der Waals surface area (Å²) in [5.74, 6) is -1.40. The molecule has 0 saturated heterocycles. The third-order valence-corrected chi connectivity index (χ3v) is 1.90. The van der Waals surface area contributed by atoms with Gasteiger partial charge in [0.05, 0.1) is 25.2 Å². The number of methoxy groups -OCH3 is 2. The van der Waals surface area contributed by atoms with E-state index in [1.165, 1.54) is 7.11 Å². The Kier molecular flexibility index (Phi) is 3.29. The molecule has 0 bridgehead atoms. The molecular weight excluding hydrogens is 218 g/mol. The maximum Gasteiger partial charge on any atom is 0.341 e. The maximum absolute atomic E-state index is 11.2. The molecule has 0 unspecified atom stereocenters. The summed E-state index contributed by atoms with van der Waals surface area (Å²) in [4.78, 5) is 21.0. The Bertz CT molecular complexity index is 442. The Morgan fingerprint density at radius 3 is 2.50 bits per heavy atom. The summed E-state index contributed by atoms with van der Waals surface area (Å²) in [6, 6.07) is 1.89. The van der Waals surface area contributed by atoms with Gasteiger partial charge in [-0.05, 0) is 0 Å². The number of benzene rings is 1. The van der Waals surface area contributed by atoms with Gasteiger partial charge in [-0.1, -0.05) is 0 Å². The number of hydrogen-bond acceptors (Lipinski definition) is 6. The van der Waals surface area contributed by atoms with Gasteiger partial charge in [-0.3, -0.25) is 10.1 Å². The van der Waals surface area contributed by atoms with E-state index in [4.69, 9.17) is 4.74 Å². The van der Waals surface area contributed by atoms with Crippen molar-refractivity contribution in [2.75, 3.05) is 14.2 Å². The number of rotatable bonds is 3. The number of carbonyl (C=O) groups is 1. The fourth-order valence-electron chi connectivity index (χ4n) is 1.14. The second-order valence-electron chi connectivity index (χ2n) is 2.79. The standard InChI is InChI=1S/C9H9NO6/c1-15-8-4-6(10(13)14)7(11)3-5(8)9(12)16-2/h3-4,11H,1-2H3. The first-order valence-electron chi connectivity index (χ1n) is 4.15. The van der Waals surface area contributed by atoms with E-state index in [-0.39, 0.29) is 11.3 Å². The van der Waals surface area contributed by atoms with Crippen LogP contribution in [0.5, 0.6) is 11.5 Å². The Morgan fingerprint density at radius 1 is 1.44 bits per heavy atom. The second-order valence-corrected chi connectivity index (χ2v) is 2.79. The Balaban J connectivity index is 3.37. The van der Waals surface area contributed by atoms with Crippen molar-refractivity contribution in [3.8, 4) is 11.5 Å². The number of phenolic OH excluding ortho intramolecular Hbond substituents is 1. The minimum atomic E-state index is -0.779. The first-order valence-corrected chi connectivity index (χ1v) is 4.15. The number of hydrogen-bond donors (Lipinski definition) is 1. The van der Waals surface area contributed by atoms with Crippen molar-refractivity contribution in [3.63, 3.8) is 0 Å². The van der Waals surface area contributed by atoms with Gasteiger partial charge in [0.25, 0.3) is 0 Å². The average Bonchev–Trinajstić information content (AvgIpc) is 2.27. The number of nitrogens with zero attached hydrogens (tertiary/aromatic N) is 1. The van der Waals surface area contributed by atoms with Gasteiger partial charge < -0.3 is 14.6 Å². The molecule has 1 aromatic rings. The van der Waals surface area contributed by atoms with Crippen molar-refractivity contribution in [3.05, 3.63) is 27.8 Å². The van der Waals surface area contributed by atoms with Gasteiger partial charge in [-0.2, -0.15) is 0 Å². The van der Waals surface area contributed by atoms with Crippen LogP contribution in [0.2, 0.25) is 0 Å². The fourth-order valence-corrected chi connectivity index (χ4v) is 1.14. The third kappa shape index (κ3) is 2.02. The number of esters is 1. The van der Waals surface area contributed by atoms with Crippen LogP contribution >= 0.6 is 0 Å². The van der Waals surface area contributed by atoms with E-state index in [2.05, 4.69) is 4.74 Å². The number of ether oxygens (including phenoxy) is 2. The summed E-state index contributed by atoms with van der Waals surface area (Å²) >= 11 is 0. The molecule has 0 atom stereocenters. The van der Waals surface area contributed by atoms with Gasteiger partial charge in [-0.25, -0.2) is 4.79 Å². The topological polar surface area (TPSA) is 98.9 Å². The Hall–Kier alpha value is -2.31. The molecule has 0 heterocycles. The van der Waals surface area contributed by atoms with E-state index in [1.807, 2.05) is 0 Å². The predicted octanol–water partition coefficient (Wildman–Crippen LogP) is 1.10. The zero-order valence-corrected chi connectivity index (χ0v) is 8.59. The molecule has 86 valence electrons. The Labute approximate surface area is 90.4 Å². The number of aromatic hydroxyl groups is 1. The van der Waals surface area contributed by atoms with E-state index < -0.39 is 22.3 Å². The van der Waals surface area contributed by atoms with Crippen LogP contribution < -0.4 is 4.74 Å². The molecule has 0 aromatic heterocycles. The molecule has 7 nitrogen and oxygen atoms in total.